The van der Waals surface area contributed by atoms with Crippen LogP contribution < -0.4 is 16.0 Å². The number of halogens is 2. The zero-order valence-electron chi connectivity index (χ0n) is 21.6. The molecule has 4 rings (SSSR count). The van der Waals surface area contributed by atoms with Gasteiger partial charge in [0.2, 0.25) is 5.88 Å². The van der Waals surface area contributed by atoms with Gasteiger partial charge in [-0.25, -0.2) is 23.5 Å². The molecule has 4 aromatic rings. The summed E-state index contributed by atoms with van der Waals surface area (Å²) in [5.74, 6) is -1.92. The number of imidazole rings is 1. The van der Waals surface area contributed by atoms with Gasteiger partial charge in [-0.05, 0) is 37.5 Å². The first-order valence-electron chi connectivity index (χ1n) is 12.3. The van der Waals surface area contributed by atoms with Crippen molar-refractivity contribution in [1.82, 2.24) is 24.1 Å². The highest BCUT2D eigenvalue weighted by Crippen LogP contribution is 2.32. The number of H-pyrrole nitrogens is 1. The molecule has 0 radical (unpaired) electrons. The number of hydrogen-bond donors (Lipinski definition) is 1. The summed E-state index contributed by atoms with van der Waals surface area (Å²) >= 11 is 0. The summed E-state index contributed by atoms with van der Waals surface area (Å²) in [7, 11) is 0. The molecule has 10 heteroatoms. The van der Waals surface area contributed by atoms with Gasteiger partial charge in [0, 0.05) is 31.3 Å². The number of fused-ring (bicyclic) bond motifs is 1. The summed E-state index contributed by atoms with van der Waals surface area (Å²) in [5, 5.41) is 0. The minimum atomic E-state index is -2.96. The van der Waals surface area contributed by atoms with Crippen LogP contribution in [0, 0.1) is 5.92 Å². The average molecular weight is 512 g/mol. The van der Waals surface area contributed by atoms with Gasteiger partial charge in [0.05, 0.1) is 12.2 Å². The fourth-order valence-corrected chi connectivity index (χ4v) is 4.08. The summed E-state index contributed by atoms with van der Waals surface area (Å²) in [6, 6.07) is 9.19. The molecular weight excluding hydrogens is 480 g/mol. The van der Waals surface area contributed by atoms with E-state index in [9.17, 15) is 18.4 Å². The van der Waals surface area contributed by atoms with E-state index in [1.807, 2.05) is 13.8 Å². The summed E-state index contributed by atoms with van der Waals surface area (Å²) in [6.07, 6.45) is 2.55. The first-order chi connectivity index (χ1) is 17.5. The molecule has 3 aromatic heterocycles. The quantitative estimate of drug-likeness (QED) is 0.337. The van der Waals surface area contributed by atoms with Crippen molar-refractivity contribution in [3.63, 3.8) is 0 Å². The lowest BCUT2D eigenvalue weighted by molar-refractivity contribution is 0.0174. The van der Waals surface area contributed by atoms with E-state index < -0.39 is 17.2 Å². The Morgan fingerprint density at radius 2 is 1.81 bits per heavy atom. The lowest BCUT2D eigenvalue weighted by atomic mass is 10.1. The zero-order chi connectivity index (χ0) is 26.9. The third-order valence-corrected chi connectivity index (χ3v) is 6.36. The number of aromatic amines is 1. The molecule has 8 nitrogen and oxygen atoms in total. The van der Waals surface area contributed by atoms with Crippen molar-refractivity contribution < 1.29 is 13.5 Å². The van der Waals surface area contributed by atoms with E-state index in [0.717, 1.165) is 13.3 Å². The highest BCUT2D eigenvalue weighted by Gasteiger charge is 2.25. The van der Waals surface area contributed by atoms with E-state index in [1.54, 1.807) is 35.0 Å². The number of alkyl halides is 2. The fourth-order valence-electron chi connectivity index (χ4n) is 4.08. The van der Waals surface area contributed by atoms with Gasteiger partial charge in [-0.2, -0.15) is 0 Å². The van der Waals surface area contributed by atoms with E-state index in [-0.39, 0.29) is 29.3 Å². The first-order valence-corrected chi connectivity index (χ1v) is 12.3. The molecule has 0 aliphatic rings. The third kappa shape index (κ3) is 5.33. The Labute approximate surface area is 213 Å². The average Bonchev–Trinajstić information content (AvgIpc) is 3.21. The number of pyridine rings is 1. The minimum Gasteiger partial charge on any atom is -0.477 e. The molecule has 0 saturated heterocycles. The van der Waals surface area contributed by atoms with Crippen molar-refractivity contribution >= 4 is 11.2 Å². The molecule has 1 unspecified atom stereocenters. The topological polar surface area (TPSA) is 94.8 Å². The van der Waals surface area contributed by atoms with Crippen LogP contribution in [0.25, 0.3) is 22.6 Å². The predicted octanol–water partition coefficient (Wildman–Crippen LogP) is 5.11. The van der Waals surface area contributed by atoms with Crippen molar-refractivity contribution in [2.75, 3.05) is 6.61 Å². The van der Waals surface area contributed by atoms with Crippen molar-refractivity contribution in [3.05, 3.63) is 74.6 Å². The minimum absolute atomic E-state index is 0.105. The van der Waals surface area contributed by atoms with Crippen LogP contribution in [-0.4, -0.2) is 30.7 Å². The maximum atomic E-state index is 13.8. The Balaban J connectivity index is 1.94. The van der Waals surface area contributed by atoms with Crippen molar-refractivity contribution in [3.8, 4) is 17.3 Å². The Morgan fingerprint density at radius 3 is 2.43 bits per heavy atom. The molecule has 0 saturated carbocycles. The number of hydrogen-bond acceptors (Lipinski definition) is 5. The lowest BCUT2D eigenvalue weighted by Gasteiger charge is -2.15. The number of nitrogens with zero attached hydrogens (tertiary/aromatic N) is 4. The van der Waals surface area contributed by atoms with E-state index in [2.05, 4.69) is 23.8 Å². The Hall–Kier alpha value is -3.82. The summed E-state index contributed by atoms with van der Waals surface area (Å²) in [4.78, 5) is 37.3. The summed E-state index contributed by atoms with van der Waals surface area (Å²) in [5.41, 5.74) is 0.418. The molecule has 0 spiro atoms. The number of ether oxygens (including phenoxy) is 1. The van der Waals surface area contributed by atoms with Crippen LogP contribution in [0.3, 0.4) is 0 Å². The van der Waals surface area contributed by atoms with E-state index in [1.165, 1.54) is 16.7 Å². The molecule has 37 heavy (non-hydrogen) atoms. The second-order valence-corrected chi connectivity index (χ2v) is 9.68. The molecule has 0 fully saturated rings. The van der Waals surface area contributed by atoms with E-state index in [0.29, 0.717) is 35.4 Å². The van der Waals surface area contributed by atoms with Gasteiger partial charge >= 0.3 is 5.69 Å². The smallest absolute Gasteiger partial charge is 0.330 e. The van der Waals surface area contributed by atoms with Crippen molar-refractivity contribution in [2.45, 2.75) is 59.5 Å². The second kappa shape index (κ2) is 10.3. The fraction of sp³-hybridized carbons (Fsp3) is 0.407. The van der Waals surface area contributed by atoms with Crippen LogP contribution in [0.1, 0.15) is 58.2 Å². The van der Waals surface area contributed by atoms with Crippen LogP contribution in [0.4, 0.5) is 8.78 Å². The summed E-state index contributed by atoms with van der Waals surface area (Å²) in [6.45, 7) is 9.24. The van der Waals surface area contributed by atoms with Gasteiger partial charge in [-0.15, -0.1) is 0 Å². The molecular formula is C27H31F2N5O3. The highest BCUT2D eigenvalue weighted by molar-refractivity contribution is 5.78. The standard InChI is InChI=1S/C27H31F2N5O3/c1-6-17(4)15-37-25-20(8-7-13-30-25)22-31-23-21(24(35)32-26(36)34(23)16(2)3)33(22)14-18-9-11-19(12-10-18)27(5,28)29/h7-13,16-17H,6,14-15H2,1-5H3,(H,32,35,36). The van der Waals surface area contributed by atoms with Crippen LogP contribution >= 0.6 is 0 Å². The van der Waals surface area contributed by atoms with Crippen molar-refractivity contribution in [1.29, 1.82) is 0 Å². The maximum absolute atomic E-state index is 13.8. The number of rotatable bonds is 9. The van der Waals surface area contributed by atoms with Gasteiger partial charge in [0.15, 0.2) is 11.2 Å². The number of nitrogens with one attached hydrogen (secondary N) is 1. The van der Waals surface area contributed by atoms with Crippen LogP contribution in [-0.2, 0) is 12.5 Å². The SMILES string of the molecule is CCC(C)COc1ncccc1-c1nc2c(c(=O)[nH]c(=O)n2C(C)C)n1Cc1ccc(C(C)(F)F)cc1. The monoisotopic (exact) mass is 511 g/mol. The molecule has 1 aromatic carbocycles. The van der Waals surface area contributed by atoms with Crippen LogP contribution in [0.5, 0.6) is 5.88 Å². The number of aromatic nitrogens is 5. The van der Waals surface area contributed by atoms with Gasteiger partial charge in [0.25, 0.3) is 11.5 Å². The molecule has 1 atom stereocenters. The molecule has 196 valence electrons. The molecule has 0 bridgehead atoms. The molecule has 3 heterocycles. The van der Waals surface area contributed by atoms with Gasteiger partial charge in [0.1, 0.15) is 5.82 Å². The molecule has 0 aliphatic carbocycles. The van der Waals surface area contributed by atoms with Gasteiger partial charge < -0.3 is 9.30 Å². The summed E-state index contributed by atoms with van der Waals surface area (Å²) < 4.78 is 36.6. The lowest BCUT2D eigenvalue weighted by Crippen LogP contribution is -2.32. The Morgan fingerprint density at radius 1 is 1.11 bits per heavy atom. The first kappa shape index (κ1) is 26.2. The largest absolute Gasteiger partial charge is 0.477 e. The Bertz CT molecular complexity index is 1510. The predicted molar refractivity (Wildman–Crippen MR) is 138 cm³/mol. The normalized spacial score (nSPS) is 12.9. The highest BCUT2D eigenvalue weighted by atomic mass is 19.3. The molecule has 0 aliphatic heterocycles. The maximum Gasteiger partial charge on any atom is 0.330 e. The van der Waals surface area contributed by atoms with Gasteiger partial charge in [-0.1, -0.05) is 44.5 Å². The number of benzene rings is 1. The van der Waals surface area contributed by atoms with E-state index >= 15 is 0 Å². The molecule has 0 amide bonds. The van der Waals surface area contributed by atoms with Crippen LogP contribution in [0.2, 0.25) is 0 Å². The second-order valence-electron chi connectivity index (χ2n) is 9.68. The Kier molecular flexibility index (Phi) is 7.29. The van der Waals surface area contributed by atoms with Crippen molar-refractivity contribution in [2.24, 2.45) is 5.92 Å². The molecule has 1 N–H and O–H groups in total. The third-order valence-electron chi connectivity index (χ3n) is 6.36. The van der Waals surface area contributed by atoms with E-state index in [4.69, 9.17) is 9.72 Å². The van der Waals surface area contributed by atoms with Gasteiger partial charge in [-0.3, -0.25) is 14.3 Å². The van der Waals surface area contributed by atoms with Crippen LogP contribution in [0.15, 0.2) is 52.2 Å². The zero-order valence-corrected chi connectivity index (χ0v) is 21.6.